The zero-order valence-electron chi connectivity index (χ0n) is 19.2. The van der Waals surface area contributed by atoms with Crippen molar-refractivity contribution in [3.05, 3.63) is 118 Å². The second-order valence-electron chi connectivity index (χ2n) is 8.30. The molecule has 0 aliphatic heterocycles. The van der Waals surface area contributed by atoms with Crippen LogP contribution in [0.3, 0.4) is 0 Å². The number of halogens is 4. The lowest BCUT2D eigenvalue weighted by Crippen LogP contribution is -1.93. The largest absolute Gasteiger partial charge is 0.205 e. The molecule has 0 nitrogen and oxygen atoms in total. The Morgan fingerprint density at radius 2 is 1.14 bits per heavy atom. The quantitative estimate of drug-likeness (QED) is 0.161. The third-order valence-electron chi connectivity index (χ3n) is 5.63. The summed E-state index contributed by atoms with van der Waals surface area (Å²) in [6.07, 6.45) is 4.54. The number of unbranched alkanes of at least 4 members (excludes halogenated alkanes) is 2. The van der Waals surface area contributed by atoms with Gasteiger partial charge in [0.2, 0.25) is 0 Å². The molecule has 0 heterocycles. The Balaban J connectivity index is 1.52. The van der Waals surface area contributed by atoms with Crippen LogP contribution in [0.15, 0.2) is 66.7 Å². The van der Waals surface area contributed by atoms with Gasteiger partial charge in [-0.15, -0.1) is 0 Å². The summed E-state index contributed by atoms with van der Waals surface area (Å²) in [7, 11) is 0. The summed E-state index contributed by atoms with van der Waals surface area (Å²) in [4.78, 5) is 0. The SMILES string of the molecule is CCCCCc1ccc(C#Cc2cc(F)c(C#Cc3ccc4cc(F)c(F)cc4c3)c(F)c2)cc1. The van der Waals surface area contributed by atoms with Gasteiger partial charge < -0.3 is 0 Å². The van der Waals surface area contributed by atoms with Crippen LogP contribution in [0.1, 0.15) is 54.0 Å². The summed E-state index contributed by atoms with van der Waals surface area (Å²) >= 11 is 0. The molecule has 0 N–H and O–H groups in total. The molecule has 0 amide bonds. The van der Waals surface area contributed by atoms with Crippen molar-refractivity contribution in [2.45, 2.75) is 32.6 Å². The monoisotopic (exact) mass is 470 g/mol. The number of hydrogen-bond donors (Lipinski definition) is 0. The van der Waals surface area contributed by atoms with Gasteiger partial charge >= 0.3 is 0 Å². The Hall–Kier alpha value is -4.02. The smallest absolute Gasteiger partial charge is 0.159 e. The fraction of sp³-hybridized carbons (Fsp3) is 0.161. The second kappa shape index (κ2) is 10.9. The molecule has 4 rings (SSSR count). The van der Waals surface area contributed by atoms with E-state index in [1.54, 1.807) is 12.1 Å². The van der Waals surface area contributed by atoms with Gasteiger partial charge in [-0.2, -0.15) is 0 Å². The molecule has 4 aromatic carbocycles. The van der Waals surface area contributed by atoms with Crippen LogP contribution < -0.4 is 0 Å². The van der Waals surface area contributed by atoms with Crippen LogP contribution in [-0.2, 0) is 6.42 Å². The Bertz CT molecular complexity index is 1470. The van der Waals surface area contributed by atoms with Crippen molar-refractivity contribution in [3.8, 4) is 23.7 Å². The number of hydrogen-bond acceptors (Lipinski definition) is 0. The van der Waals surface area contributed by atoms with Crippen molar-refractivity contribution in [2.24, 2.45) is 0 Å². The van der Waals surface area contributed by atoms with Crippen molar-refractivity contribution < 1.29 is 17.6 Å². The van der Waals surface area contributed by atoms with Gasteiger partial charge in [0.15, 0.2) is 11.6 Å². The maximum absolute atomic E-state index is 14.6. The minimum atomic E-state index is -0.973. The zero-order valence-corrected chi connectivity index (χ0v) is 19.2. The van der Waals surface area contributed by atoms with Gasteiger partial charge in [0.1, 0.15) is 11.6 Å². The van der Waals surface area contributed by atoms with Crippen molar-refractivity contribution >= 4 is 10.8 Å². The molecule has 4 aromatic rings. The van der Waals surface area contributed by atoms with E-state index in [0.29, 0.717) is 16.3 Å². The first kappa shape index (κ1) is 24.1. The van der Waals surface area contributed by atoms with E-state index in [2.05, 4.69) is 30.6 Å². The predicted octanol–water partition coefficient (Wildman–Crippen LogP) is 7.93. The highest BCUT2D eigenvalue weighted by Gasteiger charge is 2.09. The first-order chi connectivity index (χ1) is 16.9. The molecule has 0 saturated heterocycles. The van der Waals surface area contributed by atoms with E-state index in [-0.39, 0.29) is 11.1 Å². The van der Waals surface area contributed by atoms with Crippen molar-refractivity contribution in [2.75, 3.05) is 0 Å². The van der Waals surface area contributed by atoms with E-state index in [1.807, 2.05) is 24.3 Å². The number of fused-ring (bicyclic) bond motifs is 1. The lowest BCUT2D eigenvalue weighted by Gasteiger charge is -2.01. The van der Waals surface area contributed by atoms with E-state index < -0.39 is 23.3 Å². The summed E-state index contributed by atoms with van der Waals surface area (Å²) in [5, 5.41) is 0.942. The number of benzene rings is 4. The molecule has 0 spiro atoms. The Labute approximate surface area is 202 Å². The third-order valence-corrected chi connectivity index (χ3v) is 5.63. The average Bonchev–Trinajstić information content (AvgIpc) is 2.84. The van der Waals surface area contributed by atoms with E-state index in [0.717, 1.165) is 42.7 Å². The zero-order chi connectivity index (χ0) is 24.8. The van der Waals surface area contributed by atoms with Crippen LogP contribution in [0.5, 0.6) is 0 Å². The van der Waals surface area contributed by atoms with Gasteiger partial charge in [-0.25, -0.2) is 17.6 Å². The normalized spacial score (nSPS) is 10.4. The highest BCUT2D eigenvalue weighted by atomic mass is 19.2. The standard InChI is InChI=1S/C31H22F4/c1-2-3-4-5-21-6-8-22(9-7-21)10-11-24-17-28(32)27(29(33)18-24)15-13-23-12-14-25-19-30(34)31(35)20-26(25)16-23/h6-9,12,14,16-20H,2-5H2,1H3. The average molecular weight is 471 g/mol. The molecule has 0 bridgehead atoms. The molecule has 0 aromatic heterocycles. The molecule has 0 aliphatic rings. The van der Waals surface area contributed by atoms with Crippen LogP contribution >= 0.6 is 0 Å². The first-order valence-corrected chi connectivity index (χ1v) is 11.4. The van der Waals surface area contributed by atoms with Gasteiger partial charge in [-0.3, -0.25) is 0 Å². The molecule has 0 aliphatic carbocycles. The van der Waals surface area contributed by atoms with Gasteiger partial charge in [-0.1, -0.05) is 61.6 Å². The second-order valence-corrected chi connectivity index (χ2v) is 8.30. The third kappa shape index (κ3) is 6.11. The molecule has 0 atom stereocenters. The molecule has 35 heavy (non-hydrogen) atoms. The van der Waals surface area contributed by atoms with Gasteiger partial charge in [0, 0.05) is 16.7 Å². The first-order valence-electron chi connectivity index (χ1n) is 11.4. The number of aryl methyl sites for hydroxylation is 1. The lowest BCUT2D eigenvalue weighted by atomic mass is 10.0. The molecule has 174 valence electrons. The highest BCUT2D eigenvalue weighted by molar-refractivity contribution is 5.84. The molecule has 0 radical (unpaired) electrons. The highest BCUT2D eigenvalue weighted by Crippen LogP contribution is 2.20. The van der Waals surface area contributed by atoms with E-state index >= 15 is 0 Å². The fourth-order valence-electron chi connectivity index (χ4n) is 3.70. The van der Waals surface area contributed by atoms with E-state index in [9.17, 15) is 17.6 Å². The topological polar surface area (TPSA) is 0 Å². The minimum Gasteiger partial charge on any atom is -0.205 e. The van der Waals surface area contributed by atoms with Crippen LogP contribution in [0, 0.1) is 47.0 Å². The maximum atomic E-state index is 14.6. The van der Waals surface area contributed by atoms with Crippen molar-refractivity contribution in [1.82, 2.24) is 0 Å². The fourth-order valence-corrected chi connectivity index (χ4v) is 3.70. The van der Waals surface area contributed by atoms with Crippen LogP contribution in [0.25, 0.3) is 10.8 Å². The summed E-state index contributed by atoms with van der Waals surface area (Å²) < 4.78 is 56.0. The van der Waals surface area contributed by atoms with Crippen molar-refractivity contribution in [1.29, 1.82) is 0 Å². The molecule has 0 fully saturated rings. The van der Waals surface area contributed by atoms with Gasteiger partial charge in [0.05, 0.1) is 5.56 Å². The Kier molecular flexibility index (Phi) is 7.54. The van der Waals surface area contributed by atoms with Gasteiger partial charge in [0.25, 0.3) is 0 Å². The van der Waals surface area contributed by atoms with E-state index in [4.69, 9.17) is 0 Å². The minimum absolute atomic E-state index is 0.209. The molecule has 4 heteroatoms. The summed E-state index contributed by atoms with van der Waals surface area (Å²) in [5.74, 6) is 7.37. The van der Waals surface area contributed by atoms with Crippen LogP contribution in [0.2, 0.25) is 0 Å². The summed E-state index contributed by atoms with van der Waals surface area (Å²) in [5.41, 5.74) is 2.26. The molecule has 0 unspecified atom stereocenters. The van der Waals surface area contributed by atoms with Crippen molar-refractivity contribution in [3.63, 3.8) is 0 Å². The Morgan fingerprint density at radius 3 is 1.83 bits per heavy atom. The predicted molar refractivity (Wildman–Crippen MR) is 132 cm³/mol. The van der Waals surface area contributed by atoms with E-state index in [1.165, 1.54) is 24.5 Å². The lowest BCUT2D eigenvalue weighted by molar-refractivity contribution is 0.511. The molecular weight excluding hydrogens is 448 g/mol. The Morgan fingerprint density at radius 1 is 0.543 bits per heavy atom. The van der Waals surface area contributed by atoms with Crippen LogP contribution in [-0.4, -0.2) is 0 Å². The summed E-state index contributed by atoms with van der Waals surface area (Å²) in [6.45, 7) is 2.17. The molecule has 0 saturated carbocycles. The summed E-state index contributed by atoms with van der Waals surface area (Å²) in [6, 6.07) is 17.0. The van der Waals surface area contributed by atoms with Crippen LogP contribution in [0.4, 0.5) is 17.6 Å². The van der Waals surface area contributed by atoms with Gasteiger partial charge in [-0.05, 0) is 77.7 Å². The molecular formula is C31H22F4. The maximum Gasteiger partial charge on any atom is 0.159 e. The number of rotatable bonds is 4.